The van der Waals surface area contributed by atoms with Gasteiger partial charge in [-0.1, -0.05) is 24.3 Å². The van der Waals surface area contributed by atoms with Crippen molar-refractivity contribution >= 4 is 22.6 Å². The van der Waals surface area contributed by atoms with Crippen molar-refractivity contribution in [2.75, 3.05) is 0 Å². The Balaban J connectivity index is 2.07. The minimum Gasteiger partial charge on any atom is -0.325 e. The molecule has 0 amide bonds. The van der Waals surface area contributed by atoms with E-state index in [0.717, 1.165) is 12.0 Å². The fraction of sp³-hybridized carbons (Fsp3) is 0.250. The number of benzene rings is 2. The summed E-state index contributed by atoms with van der Waals surface area (Å²) in [6, 6.07) is 15.0. The van der Waals surface area contributed by atoms with Crippen LogP contribution >= 0.6 is 22.6 Å². The van der Waals surface area contributed by atoms with Crippen LogP contribution in [0.15, 0.2) is 48.5 Å². The number of halogens is 2. The molecule has 3 heteroatoms. The highest BCUT2D eigenvalue weighted by atomic mass is 127. The molecule has 0 saturated heterocycles. The molecule has 2 N–H and O–H groups in total. The highest BCUT2D eigenvalue weighted by Crippen LogP contribution is 2.18. The van der Waals surface area contributed by atoms with Crippen LogP contribution in [0.4, 0.5) is 4.39 Å². The Morgan fingerprint density at radius 2 is 1.68 bits per heavy atom. The third kappa shape index (κ3) is 4.58. The molecule has 1 unspecified atom stereocenters. The van der Waals surface area contributed by atoms with Crippen molar-refractivity contribution in [3.05, 3.63) is 69.0 Å². The highest BCUT2D eigenvalue weighted by Gasteiger charge is 2.19. The topological polar surface area (TPSA) is 26.0 Å². The molecular weight excluding hydrogens is 352 g/mol. The molecule has 2 aromatic carbocycles. The second-order valence-corrected chi connectivity index (χ2v) is 6.51. The molecule has 0 spiro atoms. The maximum Gasteiger partial charge on any atom is 0.123 e. The molecule has 0 aliphatic rings. The molecule has 1 nitrogen and oxygen atoms in total. The van der Waals surface area contributed by atoms with Gasteiger partial charge in [0.1, 0.15) is 5.82 Å². The zero-order chi connectivity index (χ0) is 13.9. The van der Waals surface area contributed by atoms with E-state index in [1.54, 1.807) is 12.1 Å². The summed E-state index contributed by atoms with van der Waals surface area (Å²) >= 11 is 2.28. The van der Waals surface area contributed by atoms with Gasteiger partial charge in [0.15, 0.2) is 0 Å². The molecule has 2 rings (SSSR count). The Hall–Kier alpha value is -0.940. The number of nitrogens with two attached hydrogens (primary N) is 1. The lowest BCUT2D eigenvalue weighted by atomic mass is 9.87. The van der Waals surface area contributed by atoms with Gasteiger partial charge in [-0.15, -0.1) is 0 Å². The van der Waals surface area contributed by atoms with E-state index in [2.05, 4.69) is 46.9 Å². The van der Waals surface area contributed by atoms with Gasteiger partial charge in [0, 0.05) is 9.11 Å². The molecule has 2 aromatic rings. The molecule has 0 radical (unpaired) electrons. The Labute approximate surface area is 127 Å². The van der Waals surface area contributed by atoms with Gasteiger partial charge in [0.2, 0.25) is 0 Å². The predicted molar refractivity (Wildman–Crippen MR) is 85.6 cm³/mol. The van der Waals surface area contributed by atoms with Gasteiger partial charge < -0.3 is 5.73 Å². The predicted octanol–water partition coefficient (Wildman–Crippen LogP) is 3.93. The van der Waals surface area contributed by atoms with E-state index in [1.165, 1.54) is 15.2 Å². The Kier molecular flexibility index (Phi) is 4.58. The zero-order valence-electron chi connectivity index (χ0n) is 10.9. The van der Waals surface area contributed by atoms with Crippen molar-refractivity contribution in [2.45, 2.75) is 25.3 Å². The highest BCUT2D eigenvalue weighted by molar-refractivity contribution is 14.1. The van der Waals surface area contributed by atoms with Crippen LogP contribution in [-0.2, 0) is 12.8 Å². The van der Waals surface area contributed by atoms with Gasteiger partial charge >= 0.3 is 0 Å². The third-order valence-electron chi connectivity index (χ3n) is 3.02. The normalized spacial score (nSPS) is 14.1. The Morgan fingerprint density at radius 1 is 1.05 bits per heavy atom. The van der Waals surface area contributed by atoms with Gasteiger partial charge in [-0.3, -0.25) is 0 Å². The fourth-order valence-corrected chi connectivity index (χ4v) is 2.60. The van der Waals surface area contributed by atoms with Crippen molar-refractivity contribution < 1.29 is 4.39 Å². The lowest BCUT2D eigenvalue weighted by Crippen LogP contribution is -2.40. The summed E-state index contributed by atoms with van der Waals surface area (Å²) in [5.74, 6) is -0.206. The molecule has 0 aliphatic carbocycles. The number of rotatable bonds is 4. The first-order chi connectivity index (χ1) is 8.94. The molecule has 0 fully saturated rings. The summed E-state index contributed by atoms with van der Waals surface area (Å²) in [4.78, 5) is 0. The maximum atomic E-state index is 13.2. The Morgan fingerprint density at radius 3 is 2.32 bits per heavy atom. The van der Waals surface area contributed by atoms with Crippen molar-refractivity contribution in [1.82, 2.24) is 0 Å². The van der Waals surface area contributed by atoms with E-state index in [-0.39, 0.29) is 11.4 Å². The standard InChI is InChI=1S/C16H17FIN/c1-16(19,10-12-5-7-15(18)8-6-12)11-13-3-2-4-14(17)9-13/h2-9H,10-11,19H2,1H3. The lowest BCUT2D eigenvalue weighted by molar-refractivity contribution is 0.461. The van der Waals surface area contributed by atoms with Crippen LogP contribution in [0.25, 0.3) is 0 Å². The van der Waals surface area contributed by atoms with Gasteiger partial charge in [0.05, 0.1) is 0 Å². The van der Waals surface area contributed by atoms with Crippen molar-refractivity contribution in [2.24, 2.45) is 5.73 Å². The summed E-state index contributed by atoms with van der Waals surface area (Å²) < 4.78 is 14.4. The summed E-state index contributed by atoms with van der Waals surface area (Å²) in [5, 5.41) is 0. The molecule has 19 heavy (non-hydrogen) atoms. The smallest absolute Gasteiger partial charge is 0.123 e. The SMILES string of the molecule is CC(N)(Cc1ccc(I)cc1)Cc1cccc(F)c1. The summed E-state index contributed by atoms with van der Waals surface area (Å²) in [5.41, 5.74) is 8.12. The maximum absolute atomic E-state index is 13.2. The largest absolute Gasteiger partial charge is 0.325 e. The summed E-state index contributed by atoms with van der Waals surface area (Å²) in [6.45, 7) is 2.01. The summed E-state index contributed by atoms with van der Waals surface area (Å²) in [7, 11) is 0. The Bertz CT molecular complexity index is 549. The van der Waals surface area contributed by atoms with Gasteiger partial charge in [0.25, 0.3) is 0 Å². The third-order valence-corrected chi connectivity index (χ3v) is 3.74. The molecule has 0 heterocycles. The molecule has 0 aliphatic heterocycles. The van der Waals surface area contributed by atoms with Crippen LogP contribution < -0.4 is 5.73 Å². The second-order valence-electron chi connectivity index (χ2n) is 5.26. The van der Waals surface area contributed by atoms with Crippen LogP contribution in [0.3, 0.4) is 0 Å². The van der Waals surface area contributed by atoms with Gasteiger partial charge in [-0.05, 0) is 77.7 Å². The first-order valence-corrected chi connectivity index (χ1v) is 7.30. The molecule has 0 saturated carbocycles. The minimum absolute atomic E-state index is 0.206. The molecule has 100 valence electrons. The quantitative estimate of drug-likeness (QED) is 0.812. The van der Waals surface area contributed by atoms with Crippen LogP contribution in [0.2, 0.25) is 0 Å². The first kappa shape index (κ1) is 14.5. The van der Waals surface area contributed by atoms with Gasteiger partial charge in [-0.25, -0.2) is 4.39 Å². The monoisotopic (exact) mass is 369 g/mol. The van der Waals surface area contributed by atoms with Crippen molar-refractivity contribution in [3.8, 4) is 0 Å². The van der Waals surface area contributed by atoms with E-state index in [4.69, 9.17) is 5.73 Å². The minimum atomic E-state index is -0.374. The van der Waals surface area contributed by atoms with Gasteiger partial charge in [-0.2, -0.15) is 0 Å². The van der Waals surface area contributed by atoms with Crippen molar-refractivity contribution in [1.29, 1.82) is 0 Å². The van der Waals surface area contributed by atoms with Crippen LogP contribution in [-0.4, -0.2) is 5.54 Å². The van der Waals surface area contributed by atoms with Crippen LogP contribution in [0.5, 0.6) is 0 Å². The van der Waals surface area contributed by atoms with Crippen LogP contribution in [0, 0.1) is 9.39 Å². The fourth-order valence-electron chi connectivity index (χ4n) is 2.24. The zero-order valence-corrected chi connectivity index (χ0v) is 13.0. The number of hydrogen-bond acceptors (Lipinski definition) is 1. The molecule has 0 aromatic heterocycles. The average Bonchev–Trinajstić information content (AvgIpc) is 2.31. The van der Waals surface area contributed by atoms with Crippen molar-refractivity contribution in [3.63, 3.8) is 0 Å². The van der Waals surface area contributed by atoms with E-state index in [0.29, 0.717) is 6.42 Å². The first-order valence-electron chi connectivity index (χ1n) is 6.22. The summed E-state index contributed by atoms with van der Waals surface area (Å²) in [6.07, 6.45) is 1.44. The molecule has 1 atom stereocenters. The van der Waals surface area contributed by atoms with E-state index < -0.39 is 0 Å². The molecular formula is C16H17FIN. The van der Waals surface area contributed by atoms with E-state index in [1.807, 2.05) is 13.0 Å². The lowest BCUT2D eigenvalue weighted by Gasteiger charge is -2.25. The van der Waals surface area contributed by atoms with E-state index in [9.17, 15) is 4.39 Å². The number of hydrogen-bond donors (Lipinski definition) is 1. The van der Waals surface area contributed by atoms with E-state index >= 15 is 0 Å². The average molecular weight is 369 g/mol. The second kappa shape index (κ2) is 6.01. The van der Waals surface area contributed by atoms with Crippen LogP contribution in [0.1, 0.15) is 18.1 Å². The molecule has 0 bridgehead atoms.